The van der Waals surface area contributed by atoms with E-state index < -0.39 is 6.10 Å². The minimum Gasteiger partial charge on any atom is -0.389 e. The van der Waals surface area contributed by atoms with Gasteiger partial charge in [0.1, 0.15) is 0 Å². The largest absolute Gasteiger partial charge is 0.389 e. The fourth-order valence-corrected chi connectivity index (χ4v) is 2.54. The van der Waals surface area contributed by atoms with E-state index in [1.165, 1.54) is 0 Å². The van der Waals surface area contributed by atoms with Gasteiger partial charge in [0.2, 0.25) is 0 Å². The monoisotopic (exact) mass is 283 g/mol. The molecule has 3 heterocycles. The van der Waals surface area contributed by atoms with E-state index in [1.54, 1.807) is 4.68 Å². The molecule has 2 aliphatic rings. The van der Waals surface area contributed by atoms with Crippen LogP contribution in [-0.2, 0) is 22.6 Å². The summed E-state index contributed by atoms with van der Waals surface area (Å²) in [5, 5.41) is 17.8. The highest BCUT2D eigenvalue weighted by Crippen LogP contribution is 2.14. The van der Waals surface area contributed by atoms with Crippen LogP contribution in [0.4, 0.5) is 0 Å². The Balaban J connectivity index is 1.54. The predicted molar refractivity (Wildman–Crippen MR) is 69.8 cm³/mol. The summed E-state index contributed by atoms with van der Waals surface area (Å²) in [6.07, 6.45) is 1.12. The Bertz CT molecular complexity index is 434. The summed E-state index contributed by atoms with van der Waals surface area (Å²) in [5.74, 6) is 0. The highest BCUT2D eigenvalue weighted by atomic mass is 16.5. The lowest BCUT2D eigenvalue weighted by Crippen LogP contribution is -2.40. The smallest absolute Gasteiger partial charge is 0.0967 e. The quantitative estimate of drug-likeness (QED) is 0.672. The van der Waals surface area contributed by atoms with Crippen LogP contribution >= 0.6 is 0 Å². The lowest BCUT2D eigenvalue weighted by Gasteiger charge is -2.25. The van der Waals surface area contributed by atoms with Gasteiger partial charge < -0.3 is 20.3 Å². The molecule has 2 fully saturated rings. The second kappa shape index (κ2) is 6.15. The van der Waals surface area contributed by atoms with Crippen molar-refractivity contribution in [2.75, 3.05) is 32.9 Å². The molecular weight excluding hydrogens is 262 g/mol. The van der Waals surface area contributed by atoms with Crippen LogP contribution in [0.25, 0.3) is 0 Å². The average molecular weight is 283 g/mol. The number of aliphatic hydroxyl groups is 1. The molecule has 0 saturated carbocycles. The van der Waals surface area contributed by atoms with Crippen LogP contribution in [0.1, 0.15) is 5.69 Å². The first kappa shape index (κ1) is 13.9. The van der Waals surface area contributed by atoms with E-state index in [4.69, 9.17) is 15.2 Å². The number of aliphatic hydroxyl groups excluding tert-OH is 1. The molecule has 112 valence electrons. The number of morpholine rings is 1. The summed E-state index contributed by atoms with van der Waals surface area (Å²) in [4.78, 5) is 2.29. The number of rotatable bonds is 4. The van der Waals surface area contributed by atoms with Crippen molar-refractivity contribution in [1.82, 2.24) is 19.9 Å². The van der Waals surface area contributed by atoms with Crippen LogP contribution < -0.4 is 5.73 Å². The summed E-state index contributed by atoms with van der Waals surface area (Å²) in [6.45, 7) is 5.00. The molecular formula is C12H21N5O3. The minimum atomic E-state index is -0.587. The normalized spacial score (nSPS) is 31.8. The third-order valence-electron chi connectivity index (χ3n) is 3.80. The van der Waals surface area contributed by atoms with Crippen molar-refractivity contribution >= 4 is 0 Å². The van der Waals surface area contributed by atoms with Crippen molar-refractivity contribution in [3.05, 3.63) is 11.9 Å². The molecule has 2 aliphatic heterocycles. The topological polar surface area (TPSA) is 98.7 Å². The molecule has 0 aliphatic carbocycles. The van der Waals surface area contributed by atoms with Gasteiger partial charge in [0, 0.05) is 25.8 Å². The van der Waals surface area contributed by atoms with Gasteiger partial charge in [-0.1, -0.05) is 5.21 Å². The van der Waals surface area contributed by atoms with Crippen molar-refractivity contribution in [2.45, 2.75) is 31.3 Å². The highest BCUT2D eigenvalue weighted by molar-refractivity contribution is 4.94. The van der Waals surface area contributed by atoms with Crippen LogP contribution in [0.2, 0.25) is 0 Å². The van der Waals surface area contributed by atoms with Gasteiger partial charge in [-0.2, -0.15) is 0 Å². The summed E-state index contributed by atoms with van der Waals surface area (Å²) < 4.78 is 12.5. The van der Waals surface area contributed by atoms with Gasteiger partial charge in [-0.3, -0.25) is 4.90 Å². The molecule has 0 spiro atoms. The molecule has 8 heteroatoms. The van der Waals surface area contributed by atoms with Gasteiger partial charge in [0.15, 0.2) is 0 Å². The van der Waals surface area contributed by atoms with Crippen LogP contribution in [0.5, 0.6) is 0 Å². The average Bonchev–Trinajstić information content (AvgIpc) is 3.02. The number of nitrogens with zero attached hydrogens (tertiary/aromatic N) is 4. The maximum atomic E-state index is 9.55. The summed E-state index contributed by atoms with van der Waals surface area (Å²) in [5.41, 5.74) is 6.80. The standard InChI is InChI=1S/C12H21N5O3/c13-12-10(18)8-20-11(12)7-17-6-9(14-15-17)5-16-1-3-19-4-2-16/h6,10-12,18H,1-5,7-8,13H2/t10-,11+,12+/m0/s1. The number of hydrogen-bond donors (Lipinski definition) is 2. The molecule has 2 saturated heterocycles. The van der Waals surface area contributed by atoms with E-state index in [0.717, 1.165) is 38.5 Å². The van der Waals surface area contributed by atoms with Crippen molar-refractivity contribution in [1.29, 1.82) is 0 Å². The zero-order valence-corrected chi connectivity index (χ0v) is 11.4. The van der Waals surface area contributed by atoms with Crippen molar-refractivity contribution in [3.63, 3.8) is 0 Å². The fourth-order valence-electron chi connectivity index (χ4n) is 2.54. The molecule has 0 radical (unpaired) electrons. The Morgan fingerprint density at radius 2 is 2.20 bits per heavy atom. The summed E-state index contributed by atoms with van der Waals surface area (Å²) >= 11 is 0. The Morgan fingerprint density at radius 3 is 2.90 bits per heavy atom. The van der Waals surface area contributed by atoms with Crippen molar-refractivity contribution in [2.24, 2.45) is 5.73 Å². The third kappa shape index (κ3) is 3.15. The first-order valence-corrected chi connectivity index (χ1v) is 6.97. The van der Waals surface area contributed by atoms with Crippen molar-refractivity contribution in [3.8, 4) is 0 Å². The van der Waals surface area contributed by atoms with Gasteiger partial charge >= 0.3 is 0 Å². The summed E-state index contributed by atoms with van der Waals surface area (Å²) in [7, 11) is 0. The Kier molecular flexibility index (Phi) is 4.27. The lowest BCUT2D eigenvalue weighted by atomic mass is 10.1. The van der Waals surface area contributed by atoms with Crippen LogP contribution in [0, 0.1) is 0 Å². The Hall–Kier alpha value is -1.06. The van der Waals surface area contributed by atoms with Gasteiger partial charge in [-0.15, -0.1) is 5.10 Å². The molecule has 0 aromatic carbocycles. The van der Waals surface area contributed by atoms with E-state index >= 15 is 0 Å². The predicted octanol–water partition coefficient (Wildman–Crippen LogP) is -1.80. The molecule has 3 atom stereocenters. The van der Waals surface area contributed by atoms with E-state index in [1.807, 2.05) is 6.20 Å². The molecule has 8 nitrogen and oxygen atoms in total. The first-order valence-electron chi connectivity index (χ1n) is 6.97. The SMILES string of the molecule is N[C@@H]1[C@@H](O)CO[C@@H]1Cn1cc(CN2CCOCC2)nn1. The zero-order valence-electron chi connectivity index (χ0n) is 11.4. The highest BCUT2D eigenvalue weighted by Gasteiger charge is 2.33. The summed E-state index contributed by atoms with van der Waals surface area (Å²) in [6, 6.07) is -0.359. The molecule has 0 amide bonds. The van der Waals surface area contributed by atoms with Crippen LogP contribution in [0.3, 0.4) is 0 Å². The lowest BCUT2D eigenvalue weighted by molar-refractivity contribution is 0.0336. The van der Waals surface area contributed by atoms with Gasteiger partial charge in [0.25, 0.3) is 0 Å². The second-order valence-electron chi connectivity index (χ2n) is 5.34. The van der Waals surface area contributed by atoms with E-state index in [0.29, 0.717) is 13.2 Å². The number of aromatic nitrogens is 3. The maximum absolute atomic E-state index is 9.55. The van der Waals surface area contributed by atoms with E-state index in [-0.39, 0.29) is 12.1 Å². The number of hydrogen-bond acceptors (Lipinski definition) is 7. The minimum absolute atomic E-state index is 0.206. The molecule has 3 N–H and O–H groups in total. The number of ether oxygens (including phenoxy) is 2. The van der Waals surface area contributed by atoms with Gasteiger partial charge in [-0.25, -0.2) is 4.68 Å². The zero-order chi connectivity index (χ0) is 13.9. The van der Waals surface area contributed by atoms with Gasteiger partial charge in [-0.05, 0) is 0 Å². The van der Waals surface area contributed by atoms with Crippen molar-refractivity contribution < 1.29 is 14.6 Å². The Labute approximate surface area is 117 Å². The van der Waals surface area contributed by atoms with Crippen LogP contribution in [-0.4, -0.2) is 76.2 Å². The van der Waals surface area contributed by atoms with Crippen LogP contribution in [0.15, 0.2) is 6.20 Å². The Morgan fingerprint density at radius 1 is 1.40 bits per heavy atom. The second-order valence-corrected chi connectivity index (χ2v) is 5.34. The molecule has 0 bridgehead atoms. The van der Waals surface area contributed by atoms with Gasteiger partial charge in [0.05, 0.1) is 50.3 Å². The third-order valence-corrected chi connectivity index (χ3v) is 3.80. The first-order chi connectivity index (χ1) is 9.72. The van der Waals surface area contributed by atoms with E-state index in [2.05, 4.69) is 15.2 Å². The molecule has 0 unspecified atom stereocenters. The van der Waals surface area contributed by atoms with E-state index in [9.17, 15) is 5.11 Å². The molecule has 1 aromatic heterocycles. The molecule has 3 rings (SSSR count). The number of nitrogens with two attached hydrogens (primary N) is 1. The fraction of sp³-hybridized carbons (Fsp3) is 0.833. The maximum Gasteiger partial charge on any atom is 0.0967 e. The molecule has 1 aromatic rings. The molecule has 20 heavy (non-hydrogen) atoms.